The number of hydrogen-bond donors (Lipinski definition) is 2. The third-order valence-corrected chi connectivity index (χ3v) is 4.71. The fourth-order valence-electron chi connectivity index (χ4n) is 3.28. The molecule has 2 aromatic rings. The van der Waals surface area contributed by atoms with Crippen LogP contribution in [-0.4, -0.2) is 42.1 Å². The molecule has 1 aromatic carbocycles. The van der Waals surface area contributed by atoms with Gasteiger partial charge in [0.2, 0.25) is 0 Å². The number of amides is 2. The van der Waals surface area contributed by atoms with Crippen molar-refractivity contribution in [3.8, 4) is 0 Å². The summed E-state index contributed by atoms with van der Waals surface area (Å²) in [4.78, 5) is 19.6. The number of primary amides is 1. The Morgan fingerprint density at radius 3 is 2.85 bits per heavy atom. The third-order valence-electron chi connectivity index (χ3n) is 4.71. The van der Waals surface area contributed by atoms with Crippen LogP contribution < -0.4 is 16.0 Å². The third kappa shape index (κ3) is 4.00. The van der Waals surface area contributed by atoms with Gasteiger partial charge in [0, 0.05) is 31.4 Å². The lowest BCUT2D eigenvalue weighted by Crippen LogP contribution is -2.32. The molecule has 138 valence electrons. The lowest BCUT2D eigenvalue weighted by molar-refractivity contribution is 0.256. The number of aromatic nitrogens is 1. The quantitative estimate of drug-likeness (QED) is 0.862. The highest BCUT2D eigenvalue weighted by molar-refractivity contribution is 5.98. The number of anilines is 2. The van der Waals surface area contributed by atoms with Gasteiger partial charge in [0.15, 0.2) is 0 Å². The molecule has 1 fully saturated rings. The Kier molecular flexibility index (Phi) is 5.49. The lowest BCUT2D eigenvalue weighted by Gasteiger charge is -2.23. The number of rotatable bonds is 5. The normalized spacial score (nSPS) is 17.4. The molecule has 2 heterocycles. The van der Waals surface area contributed by atoms with Crippen molar-refractivity contribution >= 4 is 17.4 Å². The van der Waals surface area contributed by atoms with Crippen molar-refractivity contribution in [3.05, 3.63) is 53.6 Å². The van der Waals surface area contributed by atoms with Gasteiger partial charge in [-0.1, -0.05) is 6.07 Å². The molecule has 0 aliphatic carbocycles. The molecule has 1 aromatic heterocycles. The Morgan fingerprint density at radius 2 is 2.23 bits per heavy atom. The van der Waals surface area contributed by atoms with Gasteiger partial charge in [0.05, 0.1) is 17.6 Å². The summed E-state index contributed by atoms with van der Waals surface area (Å²) in [6, 6.07) is 8.02. The molecule has 1 saturated heterocycles. The average molecular weight is 357 g/mol. The lowest BCUT2D eigenvalue weighted by atomic mass is 10.1. The van der Waals surface area contributed by atoms with Crippen LogP contribution in [0.2, 0.25) is 0 Å². The maximum atomic E-state index is 14.5. The molecule has 1 atom stereocenters. The molecule has 0 bridgehead atoms. The Hall–Kier alpha value is -2.51. The van der Waals surface area contributed by atoms with Crippen LogP contribution in [0.5, 0.6) is 0 Å². The van der Waals surface area contributed by atoms with E-state index in [0.717, 1.165) is 35.7 Å². The summed E-state index contributed by atoms with van der Waals surface area (Å²) in [6.45, 7) is 4.47. The number of carbonyl (C=O) groups excluding carboxylic acids is 1. The van der Waals surface area contributed by atoms with E-state index < -0.39 is 11.8 Å². The molecule has 0 spiro atoms. The number of nitrogens with zero attached hydrogens (tertiary/aromatic N) is 3. The van der Waals surface area contributed by atoms with Gasteiger partial charge in [-0.15, -0.1) is 0 Å². The number of nitrogens with one attached hydrogen (secondary N) is 1. The van der Waals surface area contributed by atoms with Gasteiger partial charge in [-0.05, 0) is 50.2 Å². The van der Waals surface area contributed by atoms with Crippen molar-refractivity contribution in [3.63, 3.8) is 0 Å². The average Bonchev–Trinajstić information content (AvgIpc) is 3.07. The van der Waals surface area contributed by atoms with Gasteiger partial charge >= 0.3 is 6.03 Å². The second-order valence-corrected chi connectivity index (χ2v) is 6.63. The van der Waals surface area contributed by atoms with Crippen LogP contribution in [0.3, 0.4) is 0 Å². The molecule has 7 heteroatoms. The van der Waals surface area contributed by atoms with E-state index >= 15 is 0 Å². The monoisotopic (exact) mass is 357 g/mol. The zero-order valence-corrected chi connectivity index (χ0v) is 15.1. The van der Waals surface area contributed by atoms with E-state index in [4.69, 9.17) is 5.73 Å². The fraction of sp³-hybridized carbons (Fsp3) is 0.368. The standard InChI is InChI=1S/C19H24FN5O/c1-13-3-5-16(10-23-13)25(19(21)26)18-9-14(4-6-17(18)20)11-24-8-7-15(12-24)22-2/h3-6,9-10,15,22H,7-8,11-12H2,1-2H3,(H2,21,26)/t15-/m1/s1. The number of nitrogens with two attached hydrogens (primary N) is 1. The maximum absolute atomic E-state index is 14.5. The largest absolute Gasteiger partial charge is 0.351 e. The van der Waals surface area contributed by atoms with Gasteiger partial charge in [-0.3, -0.25) is 14.8 Å². The van der Waals surface area contributed by atoms with Gasteiger partial charge in [-0.2, -0.15) is 0 Å². The molecule has 3 rings (SSSR count). The fourth-order valence-corrected chi connectivity index (χ4v) is 3.28. The van der Waals surface area contributed by atoms with Gasteiger partial charge < -0.3 is 11.1 Å². The summed E-state index contributed by atoms with van der Waals surface area (Å²) >= 11 is 0. The SMILES string of the molecule is CN[C@@H]1CCN(Cc2ccc(F)c(N(C(N)=O)c3ccc(C)nc3)c2)C1. The predicted molar refractivity (Wildman–Crippen MR) is 99.8 cm³/mol. The molecule has 6 nitrogen and oxygen atoms in total. The first-order chi connectivity index (χ1) is 12.5. The minimum absolute atomic E-state index is 0.144. The highest BCUT2D eigenvalue weighted by Crippen LogP contribution is 2.29. The summed E-state index contributed by atoms with van der Waals surface area (Å²) in [5.74, 6) is -0.498. The van der Waals surface area contributed by atoms with E-state index in [1.54, 1.807) is 24.3 Å². The number of aryl methyl sites for hydroxylation is 1. The molecule has 1 aliphatic heterocycles. The number of likely N-dealkylation sites (tertiary alicyclic amines) is 1. The highest BCUT2D eigenvalue weighted by Gasteiger charge is 2.23. The van der Waals surface area contributed by atoms with Crippen molar-refractivity contribution in [1.82, 2.24) is 15.2 Å². The number of likely N-dealkylation sites (N-methyl/N-ethyl adjacent to an activating group) is 1. The van der Waals surface area contributed by atoms with E-state index in [2.05, 4.69) is 15.2 Å². The van der Waals surface area contributed by atoms with Crippen molar-refractivity contribution in [2.45, 2.75) is 25.9 Å². The molecule has 3 N–H and O–H groups in total. The van der Waals surface area contributed by atoms with Crippen molar-refractivity contribution in [2.24, 2.45) is 5.73 Å². The molecule has 1 aliphatic rings. The number of halogens is 1. The van der Waals surface area contributed by atoms with E-state index in [1.165, 1.54) is 12.3 Å². The number of benzene rings is 1. The van der Waals surface area contributed by atoms with Crippen LogP contribution in [0.15, 0.2) is 36.5 Å². The molecule has 26 heavy (non-hydrogen) atoms. The molecule has 2 amide bonds. The number of pyridine rings is 1. The second kappa shape index (κ2) is 7.80. The van der Waals surface area contributed by atoms with Crippen molar-refractivity contribution in [2.75, 3.05) is 25.0 Å². The first-order valence-corrected chi connectivity index (χ1v) is 8.68. The Labute approximate surface area is 152 Å². The second-order valence-electron chi connectivity index (χ2n) is 6.63. The summed E-state index contributed by atoms with van der Waals surface area (Å²) in [6.07, 6.45) is 2.61. The van der Waals surface area contributed by atoms with Gasteiger partial charge in [0.25, 0.3) is 0 Å². The summed E-state index contributed by atoms with van der Waals surface area (Å²) in [5, 5.41) is 3.28. The van der Waals surface area contributed by atoms with Gasteiger partial charge in [-0.25, -0.2) is 9.18 Å². The van der Waals surface area contributed by atoms with Crippen LogP contribution in [-0.2, 0) is 6.54 Å². The van der Waals surface area contributed by atoms with Crippen LogP contribution in [0.1, 0.15) is 17.7 Å². The highest BCUT2D eigenvalue weighted by atomic mass is 19.1. The maximum Gasteiger partial charge on any atom is 0.324 e. The zero-order chi connectivity index (χ0) is 18.7. The van der Waals surface area contributed by atoms with Crippen LogP contribution in [0.4, 0.5) is 20.6 Å². The first-order valence-electron chi connectivity index (χ1n) is 8.68. The molecular weight excluding hydrogens is 333 g/mol. The first kappa shape index (κ1) is 18.3. The Bertz CT molecular complexity index is 780. The topological polar surface area (TPSA) is 74.5 Å². The smallest absolute Gasteiger partial charge is 0.324 e. The zero-order valence-electron chi connectivity index (χ0n) is 15.1. The number of carbonyl (C=O) groups is 1. The molecule has 0 unspecified atom stereocenters. The summed E-state index contributed by atoms with van der Waals surface area (Å²) in [5.41, 5.74) is 7.86. The van der Waals surface area contributed by atoms with Crippen molar-refractivity contribution < 1.29 is 9.18 Å². The van der Waals surface area contributed by atoms with E-state index in [1.807, 2.05) is 14.0 Å². The van der Waals surface area contributed by atoms with E-state index in [0.29, 0.717) is 18.3 Å². The van der Waals surface area contributed by atoms with Crippen molar-refractivity contribution in [1.29, 1.82) is 0 Å². The summed E-state index contributed by atoms with van der Waals surface area (Å²) < 4.78 is 14.5. The number of urea groups is 1. The van der Waals surface area contributed by atoms with Crippen LogP contribution in [0.25, 0.3) is 0 Å². The molecule has 0 saturated carbocycles. The van der Waals surface area contributed by atoms with E-state index in [9.17, 15) is 9.18 Å². The van der Waals surface area contributed by atoms with Gasteiger partial charge in [0.1, 0.15) is 5.82 Å². The Morgan fingerprint density at radius 1 is 1.42 bits per heavy atom. The Balaban J connectivity index is 1.87. The number of hydrogen-bond acceptors (Lipinski definition) is 4. The minimum Gasteiger partial charge on any atom is -0.351 e. The minimum atomic E-state index is -0.747. The van der Waals surface area contributed by atoms with Crippen LogP contribution in [0, 0.1) is 12.7 Å². The van der Waals surface area contributed by atoms with E-state index in [-0.39, 0.29) is 5.69 Å². The molecule has 0 radical (unpaired) electrons. The summed E-state index contributed by atoms with van der Waals surface area (Å²) in [7, 11) is 1.96. The molecular formula is C19H24FN5O. The van der Waals surface area contributed by atoms with Crippen LogP contribution >= 0.6 is 0 Å². The predicted octanol–water partition coefficient (Wildman–Crippen LogP) is 2.54.